The Bertz CT molecular complexity index is 73.8. The highest BCUT2D eigenvalue weighted by atomic mass is 32.2. The highest BCUT2D eigenvalue weighted by Crippen LogP contribution is 2.20. The molecular formula is C4H7N2S. The summed E-state index contributed by atoms with van der Waals surface area (Å²) in [6, 6.07) is 0. The minimum atomic E-state index is 0.623. The van der Waals surface area contributed by atoms with Crippen LogP contribution < -0.4 is 11.1 Å². The van der Waals surface area contributed by atoms with Gasteiger partial charge in [0.1, 0.15) is 5.37 Å². The average molecular weight is 115 g/mol. The average Bonchev–Trinajstić information content (AvgIpc) is 2.14. The molecule has 0 fully saturated rings. The van der Waals surface area contributed by atoms with Gasteiger partial charge in [0.05, 0.1) is 0 Å². The smallest absolute Gasteiger partial charge is 0.134 e. The van der Waals surface area contributed by atoms with Crippen molar-refractivity contribution in [3.8, 4) is 0 Å². The molecule has 0 saturated heterocycles. The van der Waals surface area contributed by atoms with Crippen LogP contribution in [0.1, 0.15) is 0 Å². The lowest BCUT2D eigenvalue weighted by molar-refractivity contribution is 0.943. The molecule has 0 bridgehead atoms. The first-order chi connectivity index (χ1) is 3.43. The predicted octanol–water partition coefficient (Wildman–Crippen LogP) is 0.242. The molecule has 1 aliphatic rings. The zero-order valence-corrected chi connectivity index (χ0v) is 4.66. The second-order valence-corrected chi connectivity index (χ2v) is 2.19. The summed E-state index contributed by atoms with van der Waals surface area (Å²) < 4.78 is 0. The van der Waals surface area contributed by atoms with Crippen LogP contribution in [0.2, 0.25) is 0 Å². The summed E-state index contributed by atoms with van der Waals surface area (Å²) in [7, 11) is 0. The summed E-state index contributed by atoms with van der Waals surface area (Å²) in [6.45, 7) is 0.623. The van der Waals surface area contributed by atoms with Crippen molar-refractivity contribution in [3.63, 3.8) is 0 Å². The summed E-state index contributed by atoms with van der Waals surface area (Å²) >= 11 is 1.64. The lowest BCUT2D eigenvalue weighted by Gasteiger charge is -2.01. The molecule has 3 heteroatoms. The molecule has 0 aromatic carbocycles. The number of hydrogen-bond acceptors (Lipinski definition) is 3. The molecule has 1 aliphatic heterocycles. The minimum absolute atomic E-state index is 0.623. The number of hydrogen-bond donors (Lipinski definition) is 2. The van der Waals surface area contributed by atoms with Gasteiger partial charge in [0.15, 0.2) is 0 Å². The SMILES string of the molecule is NC[C]1NC=CS1. The standard InChI is InChI=1S/C4H7N2S/c5-3-4-6-1-2-7-4/h1-2,6H,3,5H2. The largest absolute Gasteiger partial charge is 0.372 e. The highest BCUT2D eigenvalue weighted by molar-refractivity contribution is 8.05. The Labute approximate surface area is 47.2 Å². The molecule has 0 saturated carbocycles. The van der Waals surface area contributed by atoms with Gasteiger partial charge in [-0.05, 0) is 5.41 Å². The van der Waals surface area contributed by atoms with E-state index in [1.54, 1.807) is 11.8 Å². The quantitative estimate of drug-likeness (QED) is 0.514. The van der Waals surface area contributed by atoms with Gasteiger partial charge >= 0.3 is 0 Å². The Kier molecular flexibility index (Phi) is 1.59. The third-order valence-corrected chi connectivity index (χ3v) is 1.55. The van der Waals surface area contributed by atoms with Crippen LogP contribution in [0.15, 0.2) is 11.6 Å². The van der Waals surface area contributed by atoms with Crippen molar-refractivity contribution in [3.05, 3.63) is 17.0 Å². The first-order valence-corrected chi connectivity index (χ1v) is 2.95. The van der Waals surface area contributed by atoms with Gasteiger partial charge in [-0.2, -0.15) is 0 Å². The molecular weight excluding hydrogens is 108 g/mol. The van der Waals surface area contributed by atoms with Crippen molar-refractivity contribution in [2.24, 2.45) is 5.73 Å². The van der Waals surface area contributed by atoms with Gasteiger partial charge in [-0.1, -0.05) is 11.8 Å². The van der Waals surface area contributed by atoms with E-state index in [0.717, 1.165) is 5.37 Å². The van der Waals surface area contributed by atoms with Crippen LogP contribution in [0, 0.1) is 5.37 Å². The second kappa shape index (κ2) is 2.23. The van der Waals surface area contributed by atoms with Gasteiger partial charge in [0, 0.05) is 12.7 Å². The maximum Gasteiger partial charge on any atom is 0.134 e. The first kappa shape index (κ1) is 5.00. The fraction of sp³-hybridized carbons (Fsp3) is 0.250. The van der Waals surface area contributed by atoms with Crippen LogP contribution in [0.4, 0.5) is 0 Å². The van der Waals surface area contributed by atoms with Crippen LogP contribution in [-0.2, 0) is 0 Å². The van der Waals surface area contributed by atoms with E-state index in [0.29, 0.717) is 6.54 Å². The Morgan fingerprint density at radius 3 is 3.00 bits per heavy atom. The lowest BCUT2D eigenvalue weighted by atomic mass is 10.6. The Hall–Kier alpha value is -0.150. The Morgan fingerprint density at radius 2 is 2.71 bits per heavy atom. The van der Waals surface area contributed by atoms with E-state index in [2.05, 4.69) is 5.32 Å². The molecule has 0 unspecified atom stereocenters. The van der Waals surface area contributed by atoms with Gasteiger partial charge in [0.2, 0.25) is 0 Å². The van der Waals surface area contributed by atoms with E-state index in [-0.39, 0.29) is 0 Å². The van der Waals surface area contributed by atoms with Gasteiger partial charge in [0.25, 0.3) is 0 Å². The van der Waals surface area contributed by atoms with Gasteiger partial charge < -0.3 is 11.1 Å². The number of nitrogens with one attached hydrogen (secondary N) is 1. The molecule has 39 valence electrons. The zero-order chi connectivity index (χ0) is 5.11. The number of nitrogens with two attached hydrogens (primary N) is 1. The molecule has 0 spiro atoms. The first-order valence-electron chi connectivity index (χ1n) is 2.07. The lowest BCUT2D eigenvalue weighted by Crippen LogP contribution is -2.17. The molecule has 3 N–H and O–H groups in total. The van der Waals surface area contributed by atoms with Crippen LogP contribution >= 0.6 is 11.8 Å². The van der Waals surface area contributed by atoms with Crippen molar-refractivity contribution in [1.29, 1.82) is 0 Å². The second-order valence-electron chi connectivity index (χ2n) is 1.19. The highest BCUT2D eigenvalue weighted by Gasteiger charge is 2.06. The molecule has 0 aromatic heterocycles. The maximum atomic E-state index is 5.27. The molecule has 0 amide bonds. The Balaban J connectivity index is 2.22. The van der Waals surface area contributed by atoms with E-state index < -0.39 is 0 Å². The molecule has 1 radical (unpaired) electrons. The summed E-state index contributed by atoms with van der Waals surface area (Å²) in [5, 5.41) is 6.08. The summed E-state index contributed by atoms with van der Waals surface area (Å²) in [5.74, 6) is 0. The topological polar surface area (TPSA) is 38.0 Å². The molecule has 0 aromatic rings. The number of rotatable bonds is 1. The monoisotopic (exact) mass is 115 g/mol. The predicted molar refractivity (Wildman–Crippen MR) is 32.2 cm³/mol. The Morgan fingerprint density at radius 1 is 1.86 bits per heavy atom. The van der Waals surface area contributed by atoms with Crippen molar-refractivity contribution in [2.45, 2.75) is 0 Å². The van der Waals surface area contributed by atoms with E-state index >= 15 is 0 Å². The summed E-state index contributed by atoms with van der Waals surface area (Å²) in [4.78, 5) is 0. The van der Waals surface area contributed by atoms with Crippen molar-refractivity contribution >= 4 is 11.8 Å². The van der Waals surface area contributed by atoms with Gasteiger partial charge in [-0.25, -0.2) is 0 Å². The van der Waals surface area contributed by atoms with E-state index in [1.807, 2.05) is 11.6 Å². The number of thioether (sulfide) groups is 1. The van der Waals surface area contributed by atoms with Crippen molar-refractivity contribution in [1.82, 2.24) is 5.32 Å². The fourth-order valence-corrected chi connectivity index (χ4v) is 0.917. The van der Waals surface area contributed by atoms with Crippen LogP contribution in [0.5, 0.6) is 0 Å². The van der Waals surface area contributed by atoms with Crippen LogP contribution in [0.25, 0.3) is 0 Å². The fourth-order valence-electron chi connectivity index (χ4n) is 0.384. The summed E-state index contributed by atoms with van der Waals surface area (Å²) in [5.41, 5.74) is 5.27. The molecule has 1 rings (SSSR count). The summed E-state index contributed by atoms with van der Waals surface area (Å²) in [6.07, 6.45) is 1.88. The molecule has 1 heterocycles. The molecule has 0 atom stereocenters. The van der Waals surface area contributed by atoms with Crippen LogP contribution in [0.3, 0.4) is 0 Å². The van der Waals surface area contributed by atoms with Crippen LogP contribution in [-0.4, -0.2) is 6.54 Å². The molecule has 0 aliphatic carbocycles. The van der Waals surface area contributed by atoms with E-state index in [4.69, 9.17) is 5.73 Å². The van der Waals surface area contributed by atoms with E-state index in [9.17, 15) is 0 Å². The van der Waals surface area contributed by atoms with Gasteiger partial charge in [-0.3, -0.25) is 0 Å². The third kappa shape index (κ3) is 1.11. The normalized spacial score (nSPS) is 20.1. The van der Waals surface area contributed by atoms with Gasteiger partial charge in [-0.15, -0.1) is 0 Å². The zero-order valence-electron chi connectivity index (χ0n) is 3.85. The van der Waals surface area contributed by atoms with Crippen molar-refractivity contribution in [2.75, 3.05) is 6.54 Å². The molecule has 2 nitrogen and oxygen atoms in total. The van der Waals surface area contributed by atoms with E-state index in [1.165, 1.54) is 0 Å². The van der Waals surface area contributed by atoms with Crippen molar-refractivity contribution < 1.29 is 0 Å². The molecule has 7 heavy (non-hydrogen) atoms. The minimum Gasteiger partial charge on any atom is -0.372 e. The maximum absolute atomic E-state index is 5.27. The third-order valence-electron chi connectivity index (χ3n) is 0.708.